The highest BCUT2D eigenvalue weighted by Gasteiger charge is 2.25. The molecular weight excluding hydrogens is 192 g/mol. The van der Waals surface area contributed by atoms with E-state index in [2.05, 4.69) is 5.29 Å². The normalized spacial score (nSPS) is 14.7. The van der Waals surface area contributed by atoms with Gasteiger partial charge in [-0.2, -0.15) is 0 Å². The molecule has 4 heteroatoms. The van der Waals surface area contributed by atoms with Crippen LogP contribution in [0.25, 0.3) is 0 Å². The van der Waals surface area contributed by atoms with Gasteiger partial charge in [-0.3, -0.25) is 0 Å². The van der Waals surface area contributed by atoms with E-state index in [-0.39, 0.29) is 0 Å². The van der Waals surface area contributed by atoms with Gasteiger partial charge in [0, 0.05) is 6.54 Å². The zero-order valence-corrected chi connectivity index (χ0v) is 8.72. The predicted molar refractivity (Wildman–Crippen MR) is 58.9 cm³/mol. The summed E-state index contributed by atoms with van der Waals surface area (Å²) in [5, 5.41) is 4.55. The second-order valence-electron chi connectivity index (χ2n) is 3.81. The fourth-order valence-electron chi connectivity index (χ4n) is 1.49. The van der Waals surface area contributed by atoms with Gasteiger partial charge >= 0.3 is 0 Å². The van der Waals surface area contributed by atoms with Crippen molar-refractivity contribution in [2.75, 3.05) is 18.7 Å². The molecule has 0 radical (unpaired) electrons. The van der Waals surface area contributed by atoms with E-state index in [1.165, 1.54) is 17.9 Å². The first-order valence-electron chi connectivity index (χ1n) is 5.08. The highest BCUT2D eigenvalue weighted by Crippen LogP contribution is 2.31. The van der Waals surface area contributed by atoms with E-state index < -0.39 is 0 Å². The highest BCUT2D eigenvalue weighted by molar-refractivity contribution is 5.48. The van der Waals surface area contributed by atoms with Crippen LogP contribution in [0.3, 0.4) is 0 Å². The van der Waals surface area contributed by atoms with E-state index in [9.17, 15) is 4.91 Å². The number of anilines is 1. The predicted octanol–water partition coefficient (Wildman–Crippen LogP) is 2.59. The smallest absolute Gasteiger partial charge is 0.119 e. The molecule has 2 rings (SSSR count). The van der Waals surface area contributed by atoms with Gasteiger partial charge in [-0.25, -0.2) is 5.01 Å². The van der Waals surface area contributed by atoms with Crippen LogP contribution in [0, 0.1) is 10.8 Å². The van der Waals surface area contributed by atoms with Crippen molar-refractivity contribution < 1.29 is 4.74 Å². The average Bonchev–Trinajstić information content (AvgIpc) is 3.10. The molecule has 15 heavy (non-hydrogen) atoms. The molecule has 1 aromatic rings. The lowest BCUT2D eigenvalue weighted by Crippen LogP contribution is -2.18. The first kappa shape index (κ1) is 9.96. The number of benzene rings is 1. The summed E-state index contributed by atoms with van der Waals surface area (Å²) < 4.78 is 5.05. The Labute approximate surface area is 88.8 Å². The van der Waals surface area contributed by atoms with E-state index in [1.54, 1.807) is 7.11 Å². The van der Waals surface area contributed by atoms with Crippen molar-refractivity contribution in [3.05, 3.63) is 29.2 Å². The molecule has 0 bridgehead atoms. The van der Waals surface area contributed by atoms with E-state index in [1.807, 2.05) is 24.3 Å². The summed E-state index contributed by atoms with van der Waals surface area (Å²) in [5.41, 5.74) is 0.831. The Hall–Kier alpha value is -1.58. The molecule has 0 aliphatic heterocycles. The third-order valence-electron chi connectivity index (χ3n) is 2.60. The Morgan fingerprint density at radius 2 is 2.07 bits per heavy atom. The minimum atomic E-state index is 0.643. The summed E-state index contributed by atoms with van der Waals surface area (Å²) in [4.78, 5) is 10.7. The van der Waals surface area contributed by atoms with Gasteiger partial charge in [-0.15, -0.1) is 4.91 Å². The van der Waals surface area contributed by atoms with Gasteiger partial charge in [-0.05, 0) is 43.0 Å². The number of rotatable bonds is 5. The minimum absolute atomic E-state index is 0.643. The summed E-state index contributed by atoms with van der Waals surface area (Å²) in [6.07, 6.45) is 2.42. The van der Waals surface area contributed by atoms with Gasteiger partial charge in [0.1, 0.15) is 5.75 Å². The quantitative estimate of drug-likeness (QED) is 0.549. The summed E-state index contributed by atoms with van der Waals surface area (Å²) in [6, 6.07) is 7.37. The van der Waals surface area contributed by atoms with Gasteiger partial charge < -0.3 is 4.74 Å². The molecule has 1 aromatic carbocycles. The largest absolute Gasteiger partial charge is 0.497 e. The van der Waals surface area contributed by atoms with Crippen LogP contribution in [-0.2, 0) is 0 Å². The lowest BCUT2D eigenvalue weighted by Gasteiger charge is -2.14. The summed E-state index contributed by atoms with van der Waals surface area (Å²) in [7, 11) is 1.62. The maximum atomic E-state index is 10.7. The Balaban J connectivity index is 2.07. The molecule has 0 heterocycles. The molecule has 1 saturated carbocycles. The number of ether oxygens (including phenoxy) is 1. The molecule has 0 amide bonds. The molecule has 1 aliphatic rings. The van der Waals surface area contributed by atoms with Crippen molar-refractivity contribution in [1.82, 2.24) is 0 Å². The molecule has 1 aliphatic carbocycles. The average molecular weight is 206 g/mol. The van der Waals surface area contributed by atoms with E-state index in [0.717, 1.165) is 18.0 Å². The topological polar surface area (TPSA) is 41.9 Å². The third-order valence-corrected chi connectivity index (χ3v) is 2.60. The van der Waals surface area contributed by atoms with Gasteiger partial charge in [0.05, 0.1) is 18.1 Å². The molecule has 0 N–H and O–H groups in total. The Morgan fingerprint density at radius 3 is 2.53 bits per heavy atom. The zero-order chi connectivity index (χ0) is 10.7. The van der Waals surface area contributed by atoms with Crippen LogP contribution in [-0.4, -0.2) is 13.7 Å². The standard InChI is InChI=1S/C11H14N2O2/c1-15-11-6-4-10(5-7-11)13(12-14)8-9-2-3-9/h4-7,9H,2-3,8H2,1H3. The second-order valence-corrected chi connectivity index (χ2v) is 3.81. The third kappa shape index (κ3) is 2.46. The zero-order valence-electron chi connectivity index (χ0n) is 8.72. The number of nitrogens with zero attached hydrogens (tertiary/aromatic N) is 2. The van der Waals surface area contributed by atoms with Crippen LogP contribution in [0.15, 0.2) is 29.6 Å². The van der Waals surface area contributed by atoms with Gasteiger partial charge in [0.2, 0.25) is 0 Å². The second kappa shape index (κ2) is 4.29. The van der Waals surface area contributed by atoms with Crippen molar-refractivity contribution in [3.8, 4) is 5.75 Å². The van der Waals surface area contributed by atoms with Crippen molar-refractivity contribution in [2.45, 2.75) is 12.8 Å². The number of hydrogen-bond acceptors (Lipinski definition) is 3. The fraction of sp³-hybridized carbons (Fsp3) is 0.455. The van der Waals surface area contributed by atoms with E-state index >= 15 is 0 Å². The van der Waals surface area contributed by atoms with Crippen molar-refractivity contribution in [3.63, 3.8) is 0 Å². The van der Waals surface area contributed by atoms with Crippen LogP contribution in [0.2, 0.25) is 0 Å². The Bertz CT molecular complexity index is 333. The van der Waals surface area contributed by atoms with Gasteiger partial charge in [0.15, 0.2) is 0 Å². The summed E-state index contributed by atoms with van der Waals surface area (Å²) in [6.45, 7) is 0.732. The molecule has 0 spiro atoms. The van der Waals surface area contributed by atoms with Crippen LogP contribution in [0.1, 0.15) is 12.8 Å². The van der Waals surface area contributed by atoms with E-state index in [4.69, 9.17) is 4.74 Å². The monoisotopic (exact) mass is 206 g/mol. The number of hydrogen-bond donors (Lipinski definition) is 0. The van der Waals surface area contributed by atoms with Crippen LogP contribution in [0.4, 0.5) is 5.69 Å². The fourth-order valence-corrected chi connectivity index (χ4v) is 1.49. The first-order chi connectivity index (χ1) is 7.33. The number of nitroso groups, excluding NO2 is 1. The summed E-state index contributed by atoms with van der Waals surface area (Å²) in [5.74, 6) is 1.43. The molecular formula is C11H14N2O2. The number of methoxy groups -OCH3 is 1. The Morgan fingerprint density at radius 1 is 1.40 bits per heavy atom. The maximum Gasteiger partial charge on any atom is 0.119 e. The van der Waals surface area contributed by atoms with Crippen molar-refractivity contribution in [1.29, 1.82) is 0 Å². The lowest BCUT2D eigenvalue weighted by atomic mass is 10.3. The molecule has 0 aromatic heterocycles. The molecule has 0 saturated heterocycles. The minimum Gasteiger partial charge on any atom is -0.497 e. The maximum absolute atomic E-state index is 10.7. The molecule has 1 fully saturated rings. The van der Waals surface area contributed by atoms with Crippen LogP contribution >= 0.6 is 0 Å². The van der Waals surface area contributed by atoms with Gasteiger partial charge in [0.25, 0.3) is 0 Å². The molecule has 80 valence electrons. The Kier molecular flexibility index (Phi) is 2.85. The summed E-state index contributed by atoms with van der Waals surface area (Å²) >= 11 is 0. The van der Waals surface area contributed by atoms with Crippen LogP contribution in [0.5, 0.6) is 5.75 Å². The SMILES string of the molecule is COc1ccc(N(CC2CC2)N=O)cc1. The molecule has 4 nitrogen and oxygen atoms in total. The first-order valence-corrected chi connectivity index (χ1v) is 5.08. The van der Waals surface area contributed by atoms with E-state index in [0.29, 0.717) is 5.92 Å². The van der Waals surface area contributed by atoms with Crippen molar-refractivity contribution >= 4 is 5.69 Å². The highest BCUT2D eigenvalue weighted by atomic mass is 16.5. The lowest BCUT2D eigenvalue weighted by molar-refractivity contribution is 0.415. The van der Waals surface area contributed by atoms with Crippen LogP contribution < -0.4 is 9.75 Å². The van der Waals surface area contributed by atoms with Gasteiger partial charge in [-0.1, -0.05) is 0 Å². The molecule has 0 unspecified atom stereocenters. The van der Waals surface area contributed by atoms with Crippen molar-refractivity contribution in [2.24, 2.45) is 11.2 Å². The molecule has 0 atom stereocenters.